The molecule has 8 heteroatoms. The molecule has 27 heavy (non-hydrogen) atoms. The molecule has 3 heterocycles. The van der Waals surface area contributed by atoms with Gasteiger partial charge in [-0.1, -0.05) is 23.5 Å². The molecule has 0 amide bonds. The Bertz CT molecular complexity index is 964. The van der Waals surface area contributed by atoms with Gasteiger partial charge in [-0.3, -0.25) is 0 Å². The van der Waals surface area contributed by atoms with Crippen LogP contribution in [0.25, 0.3) is 17.1 Å². The molecule has 0 spiro atoms. The highest BCUT2D eigenvalue weighted by molar-refractivity contribution is 7.17. The van der Waals surface area contributed by atoms with Crippen molar-refractivity contribution in [3.8, 4) is 11.5 Å². The lowest BCUT2D eigenvalue weighted by molar-refractivity contribution is 0.244. The van der Waals surface area contributed by atoms with Gasteiger partial charge in [0.1, 0.15) is 5.01 Å². The molecule has 1 aliphatic rings. The quantitative estimate of drug-likeness (QED) is 0.672. The van der Waals surface area contributed by atoms with Crippen molar-refractivity contribution in [1.82, 2.24) is 24.7 Å². The van der Waals surface area contributed by atoms with Crippen LogP contribution in [-0.4, -0.2) is 59.1 Å². The first-order valence-corrected chi connectivity index (χ1v) is 9.80. The molecular formula is C19H23N5O2S. The van der Waals surface area contributed by atoms with Gasteiger partial charge in [0.2, 0.25) is 4.96 Å². The summed E-state index contributed by atoms with van der Waals surface area (Å²) in [7, 11) is 5.43. The maximum atomic E-state index is 5.36. The van der Waals surface area contributed by atoms with Gasteiger partial charge in [-0.25, -0.2) is 0 Å². The van der Waals surface area contributed by atoms with Crippen LogP contribution in [0.15, 0.2) is 18.2 Å². The number of hydrogen-bond acceptors (Lipinski definition) is 7. The third-order valence-electron chi connectivity index (χ3n) is 4.85. The third-order valence-corrected chi connectivity index (χ3v) is 5.71. The summed E-state index contributed by atoms with van der Waals surface area (Å²) in [6, 6.07) is 5.83. The summed E-state index contributed by atoms with van der Waals surface area (Å²) in [5.41, 5.74) is 1.02. The van der Waals surface area contributed by atoms with Crippen molar-refractivity contribution in [2.75, 3.05) is 34.4 Å². The van der Waals surface area contributed by atoms with Crippen LogP contribution in [-0.2, 0) is 0 Å². The SMILES string of the molecule is COc1ccc(/C=C/c2nn3c(C4CCCN(C)C4)nnc3s2)cc1OC. The minimum atomic E-state index is 0.392. The number of rotatable bonds is 5. The van der Waals surface area contributed by atoms with Gasteiger partial charge in [-0.05, 0) is 50.2 Å². The molecule has 1 atom stereocenters. The van der Waals surface area contributed by atoms with E-state index >= 15 is 0 Å². The van der Waals surface area contributed by atoms with E-state index in [-0.39, 0.29) is 0 Å². The van der Waals surface area contributed by atoms with Crippen LogP contribution in [0.2, 0.25) is 0 Å². The Hall–Kier alpha value is -2.45. The van der Waals surface area contributed by atoms with E-state index < -0.39 is 0 Å². The van der Waals surface area contributed by atoms with E-state index in [4.69, 9.17) is 14.6 Å². The average Bonchev–Trinajstić information content (AvgIpc) is 3.26. The van der Waals surface area contributed by atoms with Gasteiger partial charge in [-0.2, -0.15) is 9.61 Å². The first-order chi connectivity index (χ1) is 13.2. The number of aromatic nitrogens is 4. The molecule has 142 valence electrons. The Kier molecular flexibility index (Phi) is 5.09. The molecule has 1 saturated heterocycles. The number of nitrogens with zero attached hydrogens (tertiary/aromatic N) is 5. The molecule has 0 N–H and O–H groups in total. The zero-order valence-electron chi connectivity index (χ0n) is 15.8. The van der Waals surface area contributed by atoms with E-state index in [1.165, 1.54) is 6.42 Å². The highest BCUT2D eigenvalue weighted by Gasteiger charge is 2.24. The molecule has 7 nitrogen and oxygen atoms in total. The first kappa shape index (κ1) is 17.9. The molecular weight excluding hydrogens is 362 g/mol. The normalized spacial score (nSPS) is 18.4. The van der Waals surface area contributed by atoms with Crippen LogP contribution in [0.3, 0.4) is 0 Å². The summed E-state index contributed by atoms with van der Waals surface area (Å²) in [6.07, 6.45) is 6.34. The second kappa shape index (κ2) is 7.66. The van der Waals surface area contributed by atoms with Crippen LogP contribution in [0.5, 0.6) is 11.5 Å². The van der Waals surface area contributed by atoms with E-state index in [9.17, 15) is 0 Å². The molecule has 1 unspecified atom stereocenters. The predicted octanol–water partition coefficient (Wildman–Crippen LogP) is 3.18. The summed E-state index contributed by atoms with van der Waals surface area (Å²) in [4.78, 5) is 3.18. The van der Waals surface area contributed by atoms with Crippen molar-refractivity contribution in [3.63, 3.8) is 0 Å². The second-order valence-electron chi connectivity index (χ2n) is 6.74. The van der Waals surface area contributed by atoms with Gasteiger partial charge in [0.25, 0.3) is 0 Å². The Labute approximate surface area is 162 Å². The van der Waals surface area contributed by atoms with Crippen molar-refractivity contribution in [1.29, 1.82) is 0 Å². The van der Waals surface area contributed by atoms with Crippen LogP contribution < -0.4 is 9.47 Å². The van der Waals surface area contributed by atoms with E-state index in [0.717, 1.165) is 46.6 Å². The third kappa shape index (κ3) is 3.68. The predicted molar refractivity (Wildman–Crippen MR) is 107 cm³/mol. The van der Waals surface area contributed by atoms with E-state index in [1.807, 2.05) is 34.9 Å². The number of piperidine rings is 1. The highest BCUT2D eigenvalue weighted by Crippen LogP contribution is 2.29. The molecule has 0 saturated carbocycles. The van der Waals surface area contributed by atoms with Gasteiger partial charge in [-0.15, -0.1) is 10.2 Å². The molecule has 0 radical (unpaired) electrons. The van der Waals surface area contributed by atoms with Gasteiger partial charge < -0.3 is 14.4 Å². The van der Waals surface area contributed by atoms with Crippen molar-refractivity contribution in [2.45, 2.75) is 18.8 Å². The highest BCUT2D eigenvalue weighted by atomic mass is 32.1. The molecule has 1 aromatic carbocycles. The number of benzene rings is 1. The zero-order valence-corrected chi connectivity index (χ0v) is 16.6. The first-order valence-electron chi connectivity index (χ1n) is 8.98. The fraction of sp³-hybridized carbons (Fsp3) is 0.421. The van der Waals surface area contributed by atoms with Gasteiger partial charge in [0, 0.05) is 12.5 Å². The van der Waals surface area contributed by atoms with Gasteiger partial charge >= 0.3 is 0 Å². The topological polar surface area (TPSA) is 64.8 Å². The number of fused-ring (bicyclic) bond motifs is 1. The lowest BCUT2D eigenvalue weighted by Gasteiger charge is -2.28. The average molecular weight is 385 g/mol. The lowest BCUT2D eigenvalue weighted by Crippen LogP contribution is -2.31. The molecule has 0 aliphatic carbocycles. The number of likely N-dealkylation sites (tertiary alicyclic amines) is 1. The molecule has 2 aromatic heterocycles. The number of methoxy groups -OCH3 is 2. The fourth-order valence-corrected chi connectivity index (χ4v) is 4.22. The van der Waals surface area contributed by atoms with Crippen LogP contribution >= 0.6 is 11.3 Å². The second-order valence-corrected chi connectivity index (χ2v) is 7.73. The number of hydrogen-bond donors (Lipinski definition) is 0. The summed E-state index contributed by atoms with van der Waals surface area (Å²) in [5, 5.41) is 14.3. The van der Waals surface area contributed by atoms with Crippen molar-refractivity contribution >= 4 is 28.4 Å². The minimum absolute atomic E-state index is 0.392. The molecule has 1 fully saturated rings. The Morgan fingerprint density at radius 3 is 2.78 bits per heavy atom. The van der Waals surface area contributed by atoms with Crippen molar-refractivity contribution in [2.24, 2.45) is 0 Å². The van der Waals surface area contributed by atoms with E-state index in [2.05, 4.69) is 22.1 Å². The Morgan fingerprint density at radius 1 is 1.15 bits per heavy atom. The molecule has 0 bridgehead atoms. The molecule has 4 rings (SSSR count). The summed E-state index contributed by atoms with van der Waals surface area (Å²) in [6.45, 7) is 2.16. The lowest BCUT2D eigenvalue weighted by atomic mass is 9.98. The number of likely N-dealkylation sites (N-methyl/N-ethyl adjacent to an activating group) is 1. The summed E-state index contributed by atoms with van der Waals surface area (Å²) < 4.78 is 12.5. The summed E-state index contributed by atoms with van der Waals surface area (Å²) in [5.74, 6) is 2.79. The monoisotopic (exact) mass is 385 g/mol. The molecule has 3 aromatic rings. The Morgan fingerprint density at radius 2 is 2.00 bits per heavy atom. The van der Waals surface area contributed by atoms with Gasteiger partial charge in [0.15, 0.2) is 17.3 Å². The van der Waals surface area contributed by atoms with E-state index in [1.54, 1.807) is 25.6 Å². The van der Waals surface area contributed by atoms with Crippen molar-refractivity contribution < 1.29 is 9.47 Å². The summed E-state index contributed by atoms with van der Waals surface area (Å²) >= 11 is 1.54. The number of ether oxygens (including phenoxy) is 2. The van der Waals surface area contributed by atoms with Crippen LogP contribution in [0.1, 0.15) is 35.2 Å². The van der Waals surface area contributed by atoms with Gasteiger partial charge in [0.05, 0.1) is 14.2 Å². The van der Waals surface area contributed by atoms with Crippen LogP contribution in [0, 0.1) is 0 Å². The maximum absolute atomic E-state index is 5.36. The smallest absolute Gasteiger partial charge is 0.234 e. The minimum Gasteiger partial charge on any atom is -0.493 e. The van der Waals surface area contributed by atoms with Crippen LogP contribution in [0.4, 0.5) is 0 Å². The van der Waals surface area contributed by atoms with E-state index in [0.29, 0.717) is 11.7 Å². The standard InChI is InChI=1S/C19H23N5O2S/c1-23-10-4-5-14(12-23)18-20-21-19-24(18)22-17(27-19)9-7-13-6-8-15(25-2)16(11-13)26-3/h6-9,11,14H,4-5,10,12H2,1-3H3/b9-7+. The van der Waals surface area contributed by atoms with Crippen molar-refractivity contribution in [3.05, 3.63) is 34.6 Å². The largest absolute Gasteiger partial charge is 0.493 e. The Balaban J connectivity index is 1.57. The molecule has 1 aliphatic heterocycles. The maximum Gasteiger partial charge on any atom is 0.234 e. The fourth-order valence-electron chi connectivity index (χ4n) is 3.47. The zero-order chi connectivity index (χ0) is 18.8.